The van der Waals surface area contributed by atoms with Gasteiger partial charge in [-0.3, -0.25) is 0 Å². The maximum absolute atomic E-state index is 12.4. The summed E-state index contributed by atoms with van der Waals surface area (Å²) in [5, 5.41) is 1.31. The molecule has 0 radical (unpaired) electrons. The van der Waals surface area contributed by atoms with Crippen LogP contribution in [0.1, 0.15) is 15.9 Å². The molecular weight excluding hydrogens is 376 g/mol. The number of esters is 1. The van der Waals surface area contributed by atoms with Crippen molar-refractivity contribution in [2.24, 2.45) is 0 Å². The van der Waals surface area contributed by atoms with Gasteiger partial charge in [-0.25, -0.2) is 9.59 Å². The third-order valence-electron chi connectivity index (χ3n) is 4.33. The van der Waals surface area contributed by atoms with Crippen molar-refractivity contribution < 1.29 is 13.9 Å². The molecule has 0 aliphatic heterocycles. The molecule has 4 nitrogen and oxygen atoms in total. The molecule has 0 saturated heterocycles. The first-order valence-corrected chi connectivity index (χ1v) is 9.00. The smallest absolute Gasteiger partial charge is 0.344 e. The summed E-state index contributed by atoms with van der Waals surface area (Å²) in [5.41, 5.74) is 2.45. The van der Waals surface area contributed by atoms with Crippen LogP contribution in [0.15, 0.2) is 82.0 Å². The zero-order valence-electron chi connectivity index (χ0n) is 14.9. The predicted molar refractivity (Wildman–Crippen MR) is 109 cm³/mol. The van der Waals surface area contributed by atoms with Crippen LogP contribution in [0.2, 0.25) is 5.02 Å². The Morgan fingerprint density at radius 2 is 1.75 bits per heavy atom. The molecule has 0 fully saturated rings. The minimum Gasteiger partial charge on any atom is -0.423 e. The number of benzene rings is 3. The molecule has 5 heteroatoms. The molecule has 0 aliphatic rings. The summed E-state index contributed by atoms with van der Waals surface area (Å²) in [6, 6.07) is 20.8. The normalized spacial score (nSPS) is 10.8. The largest absolute Gasteiger partial charge is 0.423 e. The van der Waals surface area contributed by atoms with E-state index in [1.165, 1.54) is 6.07 Å². The molecule has 138 valence electrons. The maximum Gasteiger partial charge on any atom is 0.344 e. The second-order valence-electron chi connectivity index (χ2n) is 6.41. The molecule has 28 heavy (non-hydrogen) atoms. The fourth-order valence-corrected chi connectivity index (χ4v) is 3.05. The Kier molecular flexibility index (Phi) is 4.72. The lowest BCUT2D eigenvalue weighted by Crippen LogP contribution is -2.08. The number of fused-ring (bicyclic) bond motifs is 1. The van der Waals surface area contributed by atoms with E-state index in [1.54, 1.807) is 60.7 Å². The molecule has 0 amide bonds. The molecule has 0 atom stereocenters. The van der Waals surface area contributed by atoms with Gasteiger partial charge in [0.1, 0.15) is 11.3 Å². The number of carbonyl (C=O) groups excluding carboxylic acids is 1. The lowest BCUT2D eigenvalue weighted by Gasteiger charge is -2.07. The molecule has 3 aromatic carbocycles. The first-order valence-electron chi connectivity index (χ1n) is 8.62. The zero-order valence-corrected chi connectivity index (χ0v) is 15.7. The number of hydrogen-bond donors (Lipinski definition) is 0. The van der Waals surface area contributed by atoms with Gasteiger partial charge in [0.05, 0.1) is 11.1 Å². The summed E-state index contributed by atoms with van der Waals surface area (Å²) in [5.74, 6) is -0.162. The number of carbonyl (C=O) groups is 1. The second-order valence-corrected chi connectivity index (χ2v) is 6.85. The van der Waals surface area contributed by atoms with E-state index in [1.807, 2.05) is 13.0 Å². The van der Waals surface area contributed by atoms with Gasteiger partial charge in [0.2, 0.25) is 0 Å². The van der Waals surface area contributed by atoms with Gasteiger partial charge in [0, 0.05) is 16.5 Å². The van der Waals surface area contributed by atoms with Crippen LogP contribution in [0, 0.1) is 6.92 Å². The molecule has 0 aliphatic carbocycles. The Balaban J connectivity index is 1.66. The SMILES string of the molecule is Cc1cccc(C(=O)Oc2ccc3cc(-c4ccc(Cl)cc4)c(=O)oc3c2)c1. The van der Waals surface area contributed by atoms with Gasteiger partial charge < -0.3 is 9.15 Å². The van der Waals surface area contributed by atoms with Crippen LogP contribution >= 0.6 is 11.6 Å². The van der Waals surface area contributed by atoms with E-state index in [0.29, 0.717) is 27.5 Å². The Hall–Kier alpha value is -3.37. The molecule has 0 N–H and O–H groups in total. The second kappa shape index (κ2) is 7.33. The molecule has 1 heterocycles. The average molecular weight is 391 g/mol. The molecule has 4 aromatic rings. The fraction of sp³-hybridized carbons (Fsp3) is 0.0435. The van der Waals surface area contributed by atoms with E-state index in [4.69, 9.17) is 20.8 Å². The van der Waals surface area contributed by atoms with Crippen LogP contribution in [0.5, 0.6) is 5.75 Å². The number of halogens is 1. The summed E-state index contributed by atoms with van der Waals surface area (Å²) in [7, 11) is 0. The van der Waals surface area contributed by atoms with Crippen LogP contribution in [0.25, 0.3) is 22.1 Å². The van der Waals surface area contributed by atoms with Gasteiger partial charge in [0.15, 0.2) is 0 Å². The first-order chi connectivity index (χ1) is 13.5. The minimum atomic E-state index is -0.475. The van der Waals surface area contributed by atoms with Crippen molar-refractivity contribution in [1.82, 2.24) is 0 Å². The van der Waals surface area contributed by atoms with Gasteiger partial charge in [-0.05, 0) is 55.0 Å². The molecule has 0 bridgehead atoms. The van der Waals surface area contributed by atoms with E-state index in [-0.39, 0.29) is 0 Å². The number of ether oxygens (including phenoxy) is 1. The van der Waals surface area contributed by atoms with Gasteiger partial charge in [-0.2, -0.15) is 0 Å². The third-order valence-corrected chi connectivity index (χ3v) is 4.58. The van der Waals surface area contributed by atoms with Crippen LogP contribution < -0.4 is 10.4 Å². The lowest BCUT2D eigenvalue weighted by atomic mass is 10.1. The Labute approximate surface area is 166 Å². The summed E-state index contributed by atoms with van der Waals surface area (Å²) < 4.78 is 10.9. The summed E-state index contributed by atoms with van der Waals surface area (Å²) >= 11 is 5.90. The number of hydrogen-bond acceptors (Lipinski definition) is 4. The average Bonchev–Trinajstić information content (AvgIpc) is 2.68. The zero-order chi connectivity index (χ0) is 19.7. The fourth-order valence-electron chi connectivity index (χ4n) is 2.92. The highest BCUT2D eigenvalue weighted by Crippen LogP contribution is 2.25. The highest BCUT2D eigenvalue weighted by molar-refractivity contribution is 6.30. The van der Waals surface area contributed by atoms with Crippen LogP contribution in [0.3, 0.4) is 0 Å². The summed E-state index contributed by atoms with van der Waals surface area (Å²) in [6.45, 7) is 1.90. The standard InChI is InChI=1S/C23H15ClO4/c1-14-3-2-4-17(11-14)22(25)27-19-10-7-16-12-20(23(26)28-21(16)13-19)15-5-8-18(24)9-6-15/h2-13H,1H3. The van der Waals surface area contributed by atoms with Crippen molar-refractivity contribution in [1.29, 1.82) is 0 Å². The van der Waals surface area contributed by atoms with E-state index in [2.05, 4.69) is 0 Å². The topological polar surface area (TPSA) is 56.5 Å². The molecule has 0 unspecified atom stereocenters. The van der Waals surface area contributed by atoms with Gasteiger partial charge in [-0.1, -0.05) is 41.4 Å². The highest BCUT2D eigenvalue weighted by atomic mass is 35.5. The van der Waals surface area contributed by atoms with Crippen molar-refractivity contribution in [3.63, 3.8) is 0 Å². The van der Waals surface area contributed by atoms with E-state index >= 15 is 0 Å². The molecule has 0 saturated carbocycles. The Morgan fingerprint density at radius 3 is 2.50 bits per heavy atom. The van der Waals surface area contributed by atoms with Crippen molar-refractivity contribution >= 4 is 28.5 Å². The van der Waals surface area contributed by atoms with Gasteiger partial charge in [-0.15, -0.1) is 0 Å². The van der Waals surface area contributed by atoms with E-state index < -0.39 is 11.6 Å². The quantitative estimate of drug-likeness (QED) is 0.258. The third kappa shape index (κ3) is 3.68. The van der Waals surface area contributed by atoms with E-state index in [0.717, 1.165) is 16.5 Å². The Morgan fingerprint density at radius 1 is 0.964 bits per heavy atom. The molecule has 1 aromatic heterocycles. The number of rotatable bonds is 3. The van der Waals surface area contributed by atoms with Crippen molar-refractivity contribution in [3.05, 3.63) is 99.4 Å². The van der Waals surface area contributed by atoms with Crippen LogP contribution in [-0.2, 0) is 0 Å². The molecular formula is C23H15ClO4. The van der Waals surface area contributed by atoms with Crippen LogP contribution in [0.4, 0.5) is 0 Å². The van der Waals surface area contributed by atoms with Crippen molar-refractivity contribution in [2.75, 3.05) is 0 Å². The van der Waals surface area contributed by atoms with Crippen LogP contribution in [-0.4, -0.2) is 5.97 Å². The lowest BCUT2D eigenvalue weighted by molar-refractivity contribution is 0.0735. The molecule has 4 rings (SSSR count). The minimum absolute atomic E-state index is 0.307. The van der Waals surface area contributed by atoms with Gasteiger partial charge in [0.25, 0.3) is 0 Å². The number of aryl methyl sites for hydroxylation is 1. The van der Waals surface area contributed by atoms with Crippen molar-refractivity contribution in [2.45, 2.75) is 6.92 Å². The first kappa shape index (κ1) is 18.0. The highest BCUT2D eigenvalue weighted by Gasteiger charge is 2.12. The monoisotopic (exact) mass is 390 g/mol. The molecule has 0 spiro atoms. The van der Waals surface area contributed by atoms with Gasteiger partial charge >= 0.3 is 11.6 Å². The maximum atomic E-state index is 12.4. The van der Waals surface area contributed by atoms with E-state index in [9.17, 15) is 9.59 Å². The Bertz CT molecular complexity index is 1240. The summed E-state index contributed by atoms with van der Waals surface area (Å²) in [4.78, 5) is 24.7. The predicted octanol–water partition coefficient (Wildman–Crippen LogP) is 5.64. The summed E-state index contributed by atoms with van der Waals surface area (Å²) in [6.07, 6.45) is 0. The van der Waals surface area contributed by atoms with Crippen molar-refractivity contribution in [3.8, 4) is 16.9 Å².